The largest absolute Gasteiger partial charge is 0.496 e. The van der Waals surface area contributed by atoms with E-state index in [0.717, 1.165) is 29.7 Å². The molecule has 2 nitrogen and oxygen atoms in total. The lowest BCUT2D eigenvalue weighted by atomic mass is 9.90. The summed E-state index contributed by atoms with van der Waals surface area (Å²) >= 11 is 0. The third kappa shape index (κ3) is 4.87. The fourth-order valence-corrected chi connectivity index (χ4v) is 2.54. The average Bonchev–Trinajstić information content (AvgIpc) is 2.43. The number of hydrogen-bond acceptors (Lipinski definition) is 2. The van der Waals surface area contributed by atoms with Gasteiger partial charge in [-0.25, -0.2) is 0 Å². The number of benzene rings is 1. The van der Waals surface area contributed by atoms with Gasteiger partial charge in [0.1, 0.15) is 5.75 Å². The molecule has 0 heterocycles. The fraction of sp³-hybridized carbons (Fsp3) is 0.647. The van der Waals surface area contributed by atoms with E-state index in [1.807, 2.05) is 25.1 Å². The van der Waals surface area contributed by atoms with Crippen molar-refractivity contribution < 1.29 is 9.84 Å². The van der Waals surface area contributed by atoms with Gasteiger partial charge in [0.05, 0.1) is 13.2 Å². The molecule has 0 aromatic heterocycles. The van der Waals surface area contributed by atoms with Crippen molar-refractivity contribution in [3.8, 4) is 5.75 Å². The van der Waals surface area contributed by atoms with Gasteiger partial charge in [0.25, 0.3) is 0 Å². The molecule has 1 aromatic carbocycles. The number of aliphatic hydroxyl groups is 1. The fourth-order valence-electron chi connectivity index (χ4n) is 2.54. The maximum atomic E-state index is 10.4. The SMILES string of the molecule is CCCCC(CC)CC(O)c1ccc(OC)c(C)c1. The number of ether oxygens (including phenoxy) is 1. The average molecular weight is 264 g/mol. The third-order valence-electron chi connectivity index (χ3n) is 3.90. The van der Waals surface area contributed by atoms with Gasteiger partial charge in [-0.2, -0.15) is 0 Å². The minimum atomic E-state index is -0.355. The van der Waals surface area contributed by atoms with Crippen molar-refractivity contribution in [3.63, 3.8) is 0 Å². The Bertz CT molecular complexity index is 374. The van der Waals surface area contributed by atoms with Crippen molar-refractivity contribution in [1.82, 2.24) is 0 Å². The van der Waals surface area contributed by atoms with Crippen LogP contribution in [0.2, 0.25) is 0 Å². The molecular weight excluding hydrogens is 236 g/mol. The first-order valence-electron chi connectivity index (χ1n) is 7.44. The Morgan fingerprint density at radius 1 is 1.26 bits per heavy atom. The van der Waals surface area contributed by atoms with E-state index in [-0.39, 0.29) is 6.10 Å². The summed E-state index contributed by atoms with van der Waals surface area (Å²) in [6.45, 7) is 6.45. The summed E-state index contributed by atoms with van der Waals surface area (Å²) in [7, 11) is 1.68. The molecule has 1 rings (SSSR count). The molecule has 2 atom stereocenters. The van der Waals surface area contributed by atoms with E-state index in [1.165, 1.54) is 19.3 Å². The maximum absolute atomic E-state index is 10.4. The molecule has 0 fully saturated rings. The van der Waals surface area contributed by atoms with Gasteiger partial charge < -0.3 is 9.84 Å². The Morgan fingerprint density at radius 3 is 2.53 bits per heavy atom. The summed E-state index contributed by atoms with van der Waals surface area (Å²) in [5, 5.41) is 10.4. The molecular formula is C17H28O2. The third-order valence-corrected chi connectivity index (χ3v) is 3.90. The molecule has 0 aliphatic rings. The number of hydrogen-bond donors (Lipinski definition) is 1. The number of aryl methyl sites for hydroxylation is 1. The van der Waals surface area contributed by atoms with Crippen LogP contribution in [-0.4, -0.2) is 12.2 Å². The van der Waals surface area contributed by atoms with Crippen LogP contribution in [-0.2, 0) is 0 Å². The van der Waals surface area contributed by atoms with Crippen LogP contribution in [0.25, 0.3) is 0 Å². The summed E-state index contributed by atoms with van der Waals surface area (Å²) in [6, 6.07) is 5.96. The summed E-state index contributed by atoms with van der Waals surface area (Å²) in [5.41, 5.74) is 2.09. The molecule has 0 radical (unpaired) electrons. The molecule has 2 heteroatoms. The van der Waals surface area contributed by atoms with Crippen molar-refractivity contribution in [2.75, 3.05) is 7.11 Å². The highest BCUT2D eigenvalue weighted by Gasteiger charge is 2.15. The number of methoxy groups -OCH3 is 1. The normalized spacial score (nSPS) is 14.2. The van der Waals surface area contributed by atoms with Crippen molar-refractivity contribution >= 4 is 0 Å². The van der Waals surface area contributed by atoms with Gasteiger partial charge in [0.2, 0.25) is 0 Å². The van der Waals surface area contributed by atoms with Gasteiger partial charge in [-0.1, -0.05) is 45.6 Å². The second kappa shape index (κ2) is 8.21. The van der Waals surface area contributed by atoms with E-state index in [0.29, 0.717) is 5.92 Å². The van der Waals surface area contributed by atoms with Crippen molar-refractivity contribution in [1.29, 1.82) is 0 Å². The van der Waals surface area contributed by atoms with Gasteiger partial charge in [0, 0.05) is 0 Å². The highest BCUT2D eigenvalue weighted by molar-refractivity contribution is 5.36. The van der Waals surface area contributed by atoms with Gasteiger partial charge >= 0.3 is 0 Å². The van der Waals surface area contributed by atoms with Gasteiger partial charge in [-0.05, 0) is 42.5 Å². The first kappa shape index (κ1) is 16.0. The molecule has 0 spiro atoms. The van der Waals surface area contributed by atoms with Crippen LogP contribution in [0.5, 0.6) is 5.75 Å². The zero-order valence-corrected chi connectivity index (χ0v) is 12.8. The van der Waals surface area contributed by atoms with Crippen LogP contribution < -0.4 is 4.74 Å². The quantitative estimate of drug-likeness (QED) is 0.741. The summed E-state index contributed by atoms with van der Waals surface area (Å²) < 4.78 is 5.25. The van der Waals surface area contributed by atoms with Gasteiger partial charge in [0.15, 0.2) is 0 Å². The molecule has 108 valence electrons. The van der Waals surface area contributed by atoms with E-state index in [4.69, 9.17) is 4.74 Å². The monoisotopic (exact) mass is 264 g/mol. The molecule has 0 aliphatic heterocycles. The first-order chi connectivity index (χ1) is 9.12. The molecule has 0 bridgehead atoms. The van der Waals surface area contributed by atoms with Gasteiger partial charge in [-0.3, -0.25) is 0 Å². The van der Waals surface area contributed by atoms with Crippen LogP contribution in [0.4, 0.5) is 0 Å². The first-order valence-corrected chi connectivity index (χ1v) is 7.44. The minimum Gasteiger partial charge on any atom is -0.496 e. The van der Waals surface area contributed by atoms with Crippen LogP contribution in [0.1, 0.15) is 63.2 Å². The molecule has 2 unspecified atom stereocenters. The smallest absolute Gasteiger partial charge is 0.121 e. The molecule has 0 aliphatic carbocycles. The van der Waals surface area contributed by atoms with Crippen LogP contribution in [0.15, 0.2) is 18.2 Å². The number of aliphatic hydroxyl groups excluding tert-OH is 1. The van der Waals surface area contributed by atoms with Crippen molar-refractivity contribution in [3.05, 3.63) is 29.3 Å². The zero-order valence-electron chi connectivity index (χ0n) is 12.8. The van der Waals surface area contributed by atoms with Crippen LogP contribution >= 0.6 is 0 Å². The minimum absolute atomic E-state index is 0.355. The Labute approximate surface area is 117 Å². The molecule has 0 saturated carbocycles. The Morgan fingerprint density at radius 2 is 2.00 bits per heavy atom. The Kier molecular flexibility index (Phi) is 6.93. The van der Waals surface area contributed by atoms with E-state index >= 15 is 0 Å². The molecule has 1 N–H and O–H groups in total. The molecule has 1 aromatic rings. The van der Waals surface area contributed by atoms with E-state index in [9.17, 15) is 5.11 Å². The summed E-state index contributed by atoms with van der Waals surface area (Å²) in [4.78, 5) is 0. The highest BCUT2D eigenvalue weighted by atomic mass is 16.5. The van der Waals surface area contributed by atoms with Crippen molar-refractivity contribution in [2.45, 2.75) is 59.0 Å². The van der Waals surface area contributed by atoms with Crippen LogP contribution in [0, 0.1) is 12.8 Å². The van der Waals surface area contributed by atoms with Crippen molar-refractivity contribution in [2.24, 2.45) is 5.92 Å². The highest BCUT2D eigenvalue weighted by Crippen LogP contribution is 2.29. The van der Waals surface area contributed by atoms with Crippen LogP contribution in [0.3, 0.4) is 0 Å². The lowest BCUT2D eigenvalue weighted by molar-refractivity contribution is 0.139. The summed E-state index contributed by atoms with van der Waals surface area (Å²) in [5.74, 6) is 1.51. The second-order valence-corrected chi connectivity index (χ2v) is 5.40. The van der Waals surface area contributed by atoms with Gasteiger partial charge in [-0.15, -0.1) is 0 Å². The standard InChI is InChI=1S/C17H28O2/c1-5-7-8-14(6-2)12-16(18)15-9-10-17(19-4)13(3)11-15/h9-11,14,16,18H,5-8,12H2,1-4H3. The summed E-state index contributed by atoms with van der Waals surface area (Å²) in [6.07, 6.45) is 5.36. The van der Waals surface area contributed by atoms with E-state index in [2.05, 4.69) is 13.8 Å². The topological polar surface area (TPSA) is 29.5 Å². The Hall–Kier alpha value is -1.02. The molecule has 0 saturated heterocycles. The lowest BCUT2D eigenvalue weighted by Gasteiger charge is -2.19. The Balaban J connectivity index is 2.65. The zero-order chi connectivity index (χ0) is 14.3. The second-order valence-electron chi connectivity index (χ2n) is 5.40. The maximum Gasteiger partial charge on any atom is 0.121 e. The number of unbranched alkanes of at least 4 members (excludes halogenated alkanes) is 1. The predicted molar refractivity (Wildman–Crippen MR) is 80.6 cm³/mol. The lowest BCUT2D eigenvalue weighted by Crippen LogP contribution is -2.07. The molecule has 0 amide bonds. The van der Waals surface area contributed by atoms with E-state index < -0.39 is 0 Å². The van der Waals surface area contributed by atoms with E-state index in [1.54, 1.807) is 7.11 Å². The predicted octanol–water partition coefficient (Wildman–Crippen LogP) is 4.64. The number of rotatable bonds is 8. The molecule has 19 heavy (non-hydrogen) atoms.